The lowest BCUT2D eigenvalue weighted by Crippen LogP contribution is -2.42. The van der Waals surface area contributed by atoms with Crippen LogP contribution in [-0.4, -0.2) is 28.5 Å². The maximum Gasteiger partial charge on any atom is 0.220 e. The predicted octanol–water partition coefficient (Wildman–Crippen LogP) is -0.251. The molecule has 1 aromatic rings. The van der Waals surface area contributed by atoms with Crippen LogP contribution in [-0.2, 0) is 4.79 Å². The molecule has 0 spiro atoms. The molecular weight excluding hydrogens is 194 g/mol. The fraction of sp³-hybridized carbons (Fsp3) is 0.444. The summed E-state index contributed by atoms with van der Waals surface area (Å²) in [5.74, 6) is 0.731. The Morgan fingerprint density at radius 2 is 2.47 bits per heavy atom. The van der Waals surface area contributed by atoms with E-state index in [-0.39, 0.29) is 11.9 Å². The average molecular weight is 207 g/mol. The minimum atomic E-state index is 0.101. The highest BCUT2D eigenvalue weighted by Gasteiger charge is 2.18. The Morgan fingerprint density at radius 1 is 1.60 bits per heavy atom. The van der Waals surface area contributed by atoms with E-state index in [1.54, 1.807) is 6.20 Å². The number of carbonyl (C=O) groups is 1. The topological polar surface area (TPSA) is 92.9 Å². The summed E-state index contributed by atoms with van der Waals surface area (Å²) >= 11 is 0. The summed E-state index contributed by atoms with van der Waals surface area (Å²) in [7, 11) is 0. The van der Waals surface area contributed by atoms with Gasteiger partial charge in [-0.1, -0.05) is 0 Å². The number of hydrogen-bond acceptors (Lipinski definition) is 5. The van der Waals surface area contributed by atoms with Crippen molar-refractivity contribution in [2.24, 2.45) is 0 Å². The van der Waals surface area contributed by atoms with E-state index in [1.165, 1.54) is 6.33 Å². The first-order valence-electron chi connectivity index (χ1n) is 4.84. The molecule has 1 amide bonds. The van der Waals surface area contributed by atoms with Crippen molar-refractivity contribution in [3.8, 4) is 0 Å². The molecule has 1 aliphatic rings. The van der Waals surface area contributed by atoms with Crippen LogP contribution in [0.2, 0.25) is 0 Å². The molecular formula is C9H13N5O. The molecule has 6 nitrogen and oxygen atoms in total. The molecule has 0 saturated carbocycles. The molecule has 0 aliphatic carbocycles. The Morgan fingerprint density at radius 3 is 3.13 bits per heavy atom. The van der Waals surface area contributed by atoms with Gasteiger partial charge in [-0.25, -0.2) is 9.97 Å². The van der Waals surface area contributed by atoms with Crippen LogP contribution in [0.1, 0.15) is 12.8 Å². The van der Waals surface area contributed by atoms with Gasteiger partial charge in [-0.05, 0) is 6.42 Å². The summed E-state index contributed by atoms with van der Waals surface area (Å²) in [5.41, 5.74) is 6.21. The van der Waals surface area contributed by atoms with Crippen molar-refractivity contribution in [1.29, 1.82) is 0 Å². The number of rotatable bonds is 2. The van der Waals surface area contributed by atoms with Gasteiger partial charge in [0.2, 0.25) is 5.91 Å². The van der Waals surface area contributed by atoms with Crippen LogP contribution < -0.4 is 16.4 Å². The summed E-state index contributed by atoms with van der Waals surface area (Å²) in [5, 5.41) is 5.96. The normalized spacial score (nSPS) is 20.8. The molecule has 1 fully saturated rings. The maximum atomic E-state index is 10.9. The Balaban J connectivity index is 1.97. The molecule has 0 radical (unpaired) electrons. The lowest BCUT2D eigenvalue weighted by molar-refractivity contribution is -0.122. The third kappa shape index (κ3) is 2.34. The number of hydrogen-bond donors (Lipinski definition) is 3. The minimum absolute atomic E-state index is 0.101. The van der Waals surface area contributed by atoms with Gasteiger partial charge in [0.1, 0.15) is 6.33 Å². The van der Waals surface area contributed by atoms with E-state index >= 15 is 0 Å². The number of carbonyl (C=O) groups excluding carboxylic acids is 1. The van der Waals surface area contributed by atoms with Crippen LogP contribution in [0.5, 0.6) is 0 Å². The molecule has 6 heteroatoms. The van der Waals surface area contributed by atoms with Crippen molar-refractivity contribution < 1.29 is 4.79 Å². The molecule has 1 unspecified atom stereocenters. The molecule has 1 aromatic heterocycles. The van der Waals surface area contributed by atoms with Gasteiger partial charge in [0, 0.05) is 19.0 Å². The van der Waals surface area contributed by atoms with E-state index in [1.807, 2.05) is 0 Å². The van der Waals surface area contributed by atoms with Crippen molar-refractivity contribution in [3.63, 3.8) is 0 Å². The molecule has 0 bridgehead atoms. The van der Waals surface area contributed by atoms with E-state index in [4.69, 9.17) is 5.73 Å². The van der Waals surface area contributed by atoms with Crippen LogP contribution in [0.4, 0.5) is 11.5 Å². The number of nitrogen functional groups attached to an aromatic ring is 1. The molecule has 2 heterocycles. The molecule has 4 N–H and O–H groups in total. The van der Waals surface area contributed by atoms with Crippen LogP contribution in [0.3, 0.4) is 0 Å². The molecule has 1 saturated heterocycles. The Bertz CT molecular complexity index is 357. The minimum Gasteiger partial charge on any atom is -0.394 e. The van der Waals surface area contributed by atoms with Crippen LogP contribution in [0, 0.1) is 0 Å². The number of piperidine rings is 1. The SMILES string of the molecule is Nc1cncnc1NC1CCC(=O)NC1. The van der Waals surface area contributed by atoms with Gasteiger partial charge < -0.3 is 16.4 Å². The first-order chi connectivity index (χ1) is 7.25. The van der Waals surface area contributed by atoms with E-state index in [0.29, 0.717) is 24.5 Å². The zero-order valence-electron chi connectivity index (χ0n) is 8.23. The number of nitrogens with one attached hydrogen (secondary N) is 2. The standard InChI is InChI=1S/C9H13N5O/c10-7-4-11-5-13-9(7)14-6-1-2-8(15)12-3-6/h4-6H,1-3,10H2,(H,12,15)(H,11,13,14). The van der Waals surface area contributed by atoms with E-state index in [0.717, 1.165) is 6.42 Å². The van der Waals surface area contributed by atoms with Gasteiger partial charge >= 0.3 is 0 Å². The third-order valence-corrected chi connectivity index (χ3v) is 2.35. The smallest absolute Gasteiger partial charge is 0.220 e. The largest absolute Gasteiger partial charge is 0.394 e. The molecule has 1 atom stereocenters. The number of amides is 1. The van der Waals surface area contributed by atoms with Crippen molar-refractivity contribution in [2.75, 3.05) is 17.6 Å². The van der Waals surface area contributed by atoms with Gasteiger partial charge in [0.25, 0.3) is 0 Å². The van der Waals surface area contributed by atoms with Crippen molar-refractivity contribution >= 4 is 17.4 Å². The first-order valence-corrected chi connectivity index (χ1v) is 4.84. The fourth-order valence-corrected chi connectivity index (χ4v) is 1.51. The summed E-state index contributed by atoms with van der Waals surface area (Å²) in [6.45, 7) is 0.613. The Hall–Kier alpha value is -1.85. The summed E-state index contributed by atoms with van der Waals surface area (Å²) in [4.78, 5) is 18.8. The van der Waals surface area contributed by atoms with Gasteiger partial charge in [0.15, 0.2) is 5.82 Å². The Labute approximate surface area is 87.3 Å². The quantitative estimate of drug-likeness (QED) is 0.621. The lowest BCUT2D eigenvalue weighted by atomic mass is 10.1. The van der Waals surface area contributed by atoms with Gasteiger partial charge in [-0.2, -0.15) is 0 Å². The van der Waals surface area contributed by atoms with Gasteiger partial charge in [-0.3, -0.25) is 4.79 Å². The van der Waals surface area contributed by atoms with Crippen molar-refractivity contribution in [3.05, 3.63) is 12.5 Å². The second-order valence-corrected chi connectivity index (χ2v) is 3.51. The lowest BCUT2D eigenvalue weighted by Gasteiger charge is -2.24. The molecule has 15 heavy (non-hydrogen) atoms. The van der Waals surface area contributed by atoms with Crippen molar-refractivity contribution in [2.45, 2.75) is 18.9 Å². The highest BCUT2D eigenvalue weighted by atomic mass is 16.1. The highest BCUT2D eigenvalue weighted by molar-refractivity contribution is 5.77. The average Bonchev–Trinajstić information content (AvgIpc) is 2.25. The fourth-order valence-electron chi connectivity index (χ4n) is 1.51. The van der Waals surface area contributed by atoms with E-state index in [9.17, 15) is 4.79 Å². The van der Waals surface area contributed by atoms with E-state index < -0.39 is 0 Å². The first kappa shape index (κ1) is 9.70. The second kappa shape index (κ2) is 4.12. The molecule has 0 aromatic carbocycles. The predicted molar refractivity (Wildman–Crippen MR) is 56.1 cm³/mol. The highest BCUT2D eigenvalue weighted by Crippen LogP contribution is 2.15. The number of anilines is 2. The van der Waals surface area contributed by atoms with Crippen molar-refractivity contribution in [1.82, 2.24) is 15.3 Å². The number of aromatic nitrogens is 2. The number of nitrogens with zero attached hydrogens (tertiary/aromatic N) is 2. The third-order valence-electron chi connectivity index (χ3n) is 2.35. The molecule has 1 aliphatic heterocycles. The summed E-state index contributed by atoms with van der Waals surface area (Å²) in [6, 6.07) is 0.194. The second-order valence-electron chi connectivity index (χ2n) is 3.51. The van der Waals surface area contributed by atoms with Crippen LogP contribution >= 0.6 is 0 Å². The van der Waals surface area contributed by atoms with Crippen LogP contribution in [0.15, 0.2) is 12.5 Å². The zero-order valence-corrected chi connectivity index (χ0v) is 8.23. The van der Waals surface area contributed by atoms with E-state index in [2.05, 4.69) is 20.6 Å². The summed E-state index contributed by atoms with van der Waals surface area (Å²) < 4.78 is 0. The molecule has 80 valence electrons. The summed E-state index contributed by atoms with van der Waals surface area (Å²) in [6.07, 6.45) is 4.34. The monoisotopic (exact) mass is 207 g/mol. The van der Waals surface area contributed by atoms with Gasteiger partial charge in [-0.15, -0.1) is 0 Å². The maximum absolute atomic E-state index is 10.9. The van der Waals surface area contributed by atoms with Gasteiger partial charge in [0.05, 0.1) is 11.9 Å². The van der Waals surface area contributed by atoms with Crippen LogP contribution in [0.25, 0.3) is 0 Å². The zero-order chi connectivity index (χ0) is 10.7. The Kier molecular flexibility index (Phi) is 2.66. The molecule has 2 rings (SSSR count). The number of nitrogens with two attached hydrogens (primary N) is 1.